The van der Waals surface area contributed by atoms with Crippen LogP contribution in [0.3, 0.4) is 0 Å². The Morgan fingerprint density at radius 3 is 2.71 bits per heavy atom. The van der Waals surface area contributed by atoms with Crippen molar-refractivity contribution in [3.05, 3.63) is 24.5 Å². The summed E-state index contributed by atoms with van der Waals surface area (Å²) in [5, 5.41) is 6.18. The Morgan fingerprint density at radius 1 is 1.42 bits per heavy atom. The van der Waals surface area contributed by atoms with E-state index in [-0.39, 0.29) is 22.8 Å². The number of nitrogens with zero attached hydrogens (tertiary/aromatic N) is 2. The van der Waals surface area contributed by atoms with Crippen LogP contribution in [-0.4, -0.2) is 55.8 Å². The summed E-state index contributed by atoms with van der Waals surface area (Å²) in [5.74, 6) is -0.114. The smallest absolute Gasteiger partial charge is 0.244 e. The summed E-state index contributed by atoms with van der Waals surface area (Å²) in [7, 11) is -3.52. The van der Waals surface area contributed by atoms with Gasteiger partial charge in [-0.05, 0) is 38.4 Å². The topological polar surface area (TPSA) is 91.4 Å². The van der Waals surface area contributed by atoms with Gasteiger partial charge in [-0.15, -0.1) is 0 Å². The van der Waals surface area contributed by atoms with Crippen molar-refractivity contribution in [2.45, 2.75) is 37.6 Å². The van der Waals surface area contributed by atoms with Crippen LogP contribution >= 0.6 is 0 Å². The summed E-state index contributed by atoms with van der Waals surface area (Å²) in [6.45, 7) is 6.21. The summed E-state index contributed by atoms with van der Waals surface area (Å²) in [4.78, 5) is 16.3. The number of rotatable bonds is 7. The van der Waals surface area contributed by atoms with Crippen molar-refractivity contribution in [2.24, 2.45) is 5.92 Å². The summed E-state index contributed by atoms with van der Waals surface area (Å²) < 4.78 is 26.5. The minimum absolute atomic E-state index is 0.0122. The number of carbonyl (C=O) groups excluding carboxylic acids is 1. The Bertz CT molecular complexity index is 628. The first-order valence-electron chi connectivity index (χ1n) is 8.36. The molecule has 0 saturated carbocycles. The molecule has 1 aliphatic heterocycles. The number of hydrogen-bond donors (Lipinski definition) is 2. The van der Waals surface area contributed by atoms with Crippen LogP contribution in [0.15, 0.2) is 29.4 Å². The number of pyridine rings is 1. The van der Waals surface area contributed by atoms with Crippen LogP contribution in [0, 0.1) is 5.92 Å². The molecule has 8 heteroatoms. The molecule has 0 unspecified atom stereocenters. The van der Waals surface area contributed by atoms with Crippen LogP contribution in [0.25, 0.3) is 0 Å². The largest absolute Gasteiger partial charge is 0.354 e. The molecular weight excluding hydrogens is 328 g/mol. The maximum absolute atomic E-state index is 12.5. The molecule has 134 valence electrons. The number of sulfonamides is 1. The monoisotopic (exact) mass is 354 g/mol. The fourth-order valence-corrected chi connectivity index (χ4v) is 4.26. The van der Waals surface area contributed by atoms with Gasteiger partial charge in [-0.1, -0.05) is 6.92 Å². The van der Waals surface area contributed by atoms with E-state index in [0.29, 0.717) is 32.5 Å². The molecule has 1 aromatic heterocycles. The fraction of sp³-hybridized carbons (Fsp3) is 0.625. The first kappa shape index (κ1) is 18.8. The lowest BCUT2D eigenvalue weighted by Gasteiger charge is -2.30. The molecule has 2 heterocycles. The van der Waals surface area contributed by atoms with E-state index in [2.05, 4.69) is 15.6 Å². The number of likely N-dealkylation sites (N-methyl/N-ethyl adjacent to an activating group) is 1. The van der Waals surface area contributed by atoms with Crippen molar-refractivity contribution >= 4 is 15.9 Å². The summed E-state index contributed by atoms with van der Waals surface area (Å²) >= 11 is 0. The van der Waals surface area contributed by atoms with Crippen molar-refractivity contribution in [2.75, 3.05) is 26.2 Å². The number of nitrogens with one attached hydrogen (secondary N) is 2. The predicted molar refractivity (Wildman–Crippen MR) is 91.9 cm³/mol. The summed E-state index contributed by atoms with van der Waals surface area (Å²) in [6, 6.07) is 3.38. The van der Waals surface area contributed by atoms with Crippen LogP contribution in [0.2, 0.25) is 0 Å². The van der Waals surface area contributed by atoms with Gasteiger partial charge in [0.15, 0.2) is 0 Å². The standard InChI is InChI=1S/C16H26N4O3S/c1-3-18-13(2)11-19-16(21)14-6-9-20(10-7-14)24(22,23)15-5-4-8-17-12-15/h4-5,8,12-14,18H,3,6-7,9-11H2,1-2H3,(H,19,21)/t13-/m1/s1. The Hall–Kier alpha value is -1.51. The average Bonchev–Trinajstić information content (AvgIpc) is 2.61. The molecule has 0 aliphatic carbocycles. The van der Waals surface area contributed by atoms with Crippen LogP contribution in [-0.2, 0) is 14.8 Å². The molecule has 24 heavy (non-hydrogen) atoms. The zero-order valence-electron chi connectivity index (χ0n) is 14.2. The number of amides is 1. The number of hydrogen-bond acceptors (Lipinski definition) is 5. The summed E-state index contributed by atoms with van der Waals surface area (Å²) in [6.07, 6.45) is 3.99. The number of piperidine rings is 1. The van der Waals surface area contributed by atoms with Crippen molar-refractivity contribution in [3.8, 4) is 0 Å². The Labute approximate surface area is 143 Å². The van der Waals surface area contributed by atoms with E-state index in [1.54, 1.807) is 18.3 Å². The molecular formula is C16H26N4O3S. The Kier molecular flexibility index (Phi) is 6.70. The summed E-state index contributed by atoms with van der Waals surface area (Å²) in [5.41, 5.74) is 0. The van der Waals surface area contributed by atoms with Crippen molar-refractivity contribution in [1.82, 2.24) is 19.9 Å². The highest BCUT2D eigenvalue weighted by Gasteiger charge is 2.32. The van der Waals surface area contributed by atoms with Crippen molar-refractivity contribution < 1.29 is 13.2 Å². The van der Waals surface area contributed by atoms with Gasteiger partial charge < -0.3 is 10.6 Å². The molecule has 1 atom stereocenters. The molecule has 0 aromatic carbocycles. The highest BCUT2D eigenvalue weighted by atomic mass is 32.2. The Morgan fingerprint density at radius 2 is 2.12 bits per heavy atom. The highest BCUT2D eigenvalue weighted by Crippen LogP contribution is 2.23. The first-order chi connectivity index (χ1) is 11.4. The third kappa shape index (κ3) is 4.75. The van der Waals surface area contributed by atoms with E-state index in [1.165, 1.54) is 10.5 Å². The number of carbonyl (C=O) groups is 1. The van der Waals surface area contributed by atoms with Crippen LogP contribution in [0.4, 0.5) is 0 Å². The third-order valence-electron chi connectivity index (χ3n) is 4.23. The minimum atomic E-state index is -3.52. The lowest BCUT2D eigenvalue weighted by molar-refractivity contribution is -0.126. The van der Waals surface area contributed by atoms with Gasteiger partial charge in [0.1, 0.15) is 4.90 Å². The molecule has 0 spiro atoms. The first-order valence-corrected chi connectivity index (χ1v) is 9.80. The normalized spacial score (nSPS) is 18.2. The van der Waals surface area contributed by atoms with E-state index in [9.17, 15) is 13.2 Å². The second-order valence-electron chi connectivity index (χ2n) is 6.07. The van der Waals surface area contributed by atoms with Crippen molar-refractivity contribution in [3.63, 3.8) is 0 Å². The van der Waals surface area contributed by atoms with Gasteiger partial charge in [0, 0.05) is 44.0 Å². The number of aromatic nitrogens is 1. The van der Waals surface area contributed by atoms with E-state index < -0.39 is 10.0 Å². The van der Waals surface area contributed by atoms with Gasteiger partial charge in [-0.25, -0.2) is 8.42 Å². The second-order valence-corrected chi connectivity index (χ2v) is 8.01. The highest BCUT2D eigenvalue weighted by molar-refractivity contribution is 7.89. The predicted octanol–water partition coefficient (Wildman–Crippen LogP) is 0.597. The molecule has 1 aromatic rings. The van der Waals surface area contributed by atoms with Gasteiger partial charge >= 0.3 is 0 Å². The van der Waals surface area contributed by atoms with Crippen LogP contribution in [0.1, 0.15) is 26.7 Å². The van der Waals surface area contributed by atoms with E-state index in [4.69, 9.17) is 0 Å². The van der Waals surface area contributed by atoms with Gasteiger partial charge in [-0.3, -0.25) is 9.78 Å². The van der Waals surface area contributed by atoms with E-state index in [0.717, 1.165) is 6.54 Å². The molecule has 1 saturated heterocycles. The third-order valence-corrected chi connectivity index (χ3v) is 6.11. The molecule has 0 bridgehead atoms. The average molecular weight is 354 g/mol. The maximum atomic E-state index is 12.5. The lowest BCUT2D eigenvalue weighted by Crippen LogP contribution is -2.45. The van der Waals surface area contributed by atoms with Crippen LogP contribution in [0.5, 0.6) is 0 Å². The molecule has 1 fully saturated rings. The van der Waals surface area contributed by atoms with E-state index in [1.807, 2.05) is 13.8 Å². The van der Waals surface area contributed by atoms with Gasteiger partial charge in [-0.2, -0.15) is 4.31 Å². The second kappa shape index (κ2) is 8.55. The molecule has 1 amide bonds. The SMILES string of the molecule is CCN[C@H](C)CNC(=O)C1CCN(S(=O)(=O)c2cccnc2)CC1. The molecule has 0 radical (unpaired) electrons. The van der Waals surface area contributed by atoms with E-state index >= 15 is 0 Å². The van der Waals surface area contributed by atoms with Crippen LogP contribution < -0.4 is 10.6 Å². The van der Waals surface area contributed by atoms with Gasteiger partial charge in [0.25, 0.3) is 0 Å². The zero-order valence-corrected chi connectivity index (χ0v) is 15.1. The Balaban J connectivity index is 1.86. The van der Waals surface area contributed by atoms with Gasteiger partial charge in [0.2, 0.25) is 15.9 Å². The molecule has 1 aliphatic rings. The van der Waals surface area contributed by atoms with Crippen molar-refractivity contribution in [1.29, 1.82) is 0 Å². The molecule has 2 N–H and O–H groups in total. The zero-order chi connectivity index (χ0) is 17.6. The maximum Gasteiger partial charge on any atom is 0.244 e. The molecule has 7 nitrogen and oxygen atoms in total. The molecule has 2 rings (SSSR count). The lowest BCUT2D eigenvalue weighted by atomic mass is 9.97. The minimum Gasteiger partial charge on any atom is -0.354 e. The quantitative estimate of drug-likeness (QED) is 0.748. The van der Waals surface area contributed by atoms with Gasteiger partial charge in [0.05, 0.1) is 0 Å². The fourth-order valence-electron chi connectivity index (χ4n) is 2.83.